The fourth-order valence-corrected chi connectivity index (χ4v) is 3.04. The van der Waals surface area contributed by atoms with Gasteiger partial charge in [0.05, 0.1) is 19.7 Å². The van der Waals surface area contributed by atoms with Gasteiger partial charge in [0.15, 0.2) is 0 Å². The van der Waals surface area contributed by atoms with Crippen LogP contribution in [-0.2, 0) is 9.53 Å². The van der Waals surface area contributed by atoms with Crippen LogP contribution in [0.5, 0.6) is 0 Å². The molecule has 1 aromatic heterocycles. The number of nitrogens with zero attached hydrogens (tertiary/aromatic N) is 1. The summed E-state index contributed by atoms with van der Waals surface area (Å²) < 4.78 is 4.81. The summed E-state index contributed by atoms with van der Waals surface area (Å²) in [5, 5.41) is 1.23. The van der Waals surface area contributed by atoms with Gasteiger partial charge >= 0.3 is 5.97 Å². The predicted octanol–water partition coefficient (Wildman–Crippen LogP) is 2.87. The fourth-order valence-electron chi connectivity index (χ4n) is 3.04. The number of aromatic nitrogens is 1. The monoisotopic (exact) mass is 272 g/mol. The maximum Gasteiger partial charge on any atom is 0.319 e. The molecule has 1 aromatic carbocycles. The number of hydrogen-bond donors (Lipinski definition) is 1. The Kier molecular flexibility index (Phi) is 3.74. The van der Waals surface area contributed by atoms with Gasteiger partial charge in [-0.3, -0.25) is 9.69 Å². The van der Waals surface area contributed by atoms with E-state index >= 15 is 0 Å². The number of benzene rings is 1. The number of esters is 1. The van der Waals surface area contributed by atoms with Crippen LogP contribution in [0.3, 0.4) is 0 Å². The molecule has 3 rings (SSSR count). The van der Waals surface area contributed by atoms with E-state index in [-0.39, 0.29) is 12.0 Å². The summed E-state index contributed by atoms with van der Waals surface area (Å²) in [5.74, 6) is -0.159. The Balaban J connectivity index is 1.86. The minimum atomic E-state index is -0.159. The van der Waals surface area contributed by atoms with Crippen LogP contribution in [-0.4, -0.2) is 36.1 Å². The van der Waals surface area contributed by atoms with Crippen molar-refractivity contribution < 1.29 is 9.53 Å². The first-order chi connectivity index (χ1) is 9.78. The van der Waals surface area contributed by atoms with Gasteiger partial charge in [-0.1, -0.05) is 24.6 Å². The molecule has 0 radical (unpaired) electrons. The number of aromatic amines is 1. The molecule has 1 unspecified atom stereocenters. The van der Waals surface area contributed by atoms with E-state index in [9.17, 15) is 4.79 Å². The van der Waals surface area contributed by atoms with Gasteiger partial charge < -0.3 is 9.72 Å². The molecule has 1 atom stereocenters. The Bertz CT molecular complexity index is 572. The Morgan fingerprint density at radius 3 is 3.05 bits per heavy atom. The van der Waals surface area contributed by atoms with Crippen molar-refractivity contribution in [2.45, 2.75) is 25.3 Å². The molecule has 1 N–H and O–H groups in total. The van der Waals surface area contributed by atoms with E-state index in [1.807, 2.05) is 12.1 Å². The van der Waals surface area contributed by atoms with Gasteiger partial charge in [0.2, 0.25) is 0 Å². The smallest absolute Gasteiger partial charge is 0.319 e. The van der Waals surface area contributed by atoms with E-state index < -0.39 is 0 Å². The second-order valence-corrected chi connectivity index (χ2v) is 5.37. The zero-order chi connectivity index (χ0) is 13.9. The van der Waals surface area contributed by atoms with Gasteiger partial charge in [-0.15, -0.1) is 0 Å². The predicted molar refractivity (Wildman–Crippen MR) is 78.5 cm³/mol. The number of nitrogens with one attached hydrogen (secondary N) is 1. The van der Waals surface area contributed by atoms with Gasteiger partial charge in [0.1, 0.15) is 0 Å². The highest BCUT2D eigenvalue weighted by Gasteiger charge is 2.27. The third-order valence-electron chi connectivity index (χ3n) is 4.08. The number of H-pyrrole nitrogens is 1. The second-order valence-electron chi connectivity index (χ2n) is 5.37. The number of fused-ring (bicyclic) bond motifs is 1. The maximum atomic E-state index is 11.6. The lowest BCUT2D eigenvalue weighted by atomic mass is 9.99. The molecule has 0 aliphatic carbocycles. The van der Waals surface area contributed by atoms with Crippen molar-refractivity contribution in [2.24, 2.45) is 0 Å². The van der Waals surface area contributed by atoms with Gasteiger partial charge in [-0.2, -0.15) is 0 Å². The zero-order valence-electron chi connectivity index (χ0n) is 11.8. The van der Waals surface area contributed by atoms with Crippen LogP contribution in [0.25, 0.3) is 10.9 Å². The Labute approximate surface area is 118 Å². The largest absolute Gasteiger partial charge is 0.468 e. The van der Waals surface area contributed by atoms with Gasteiger partial charge in [0, 0.05) is 11.2 Å². The molecule has 2 aromatic rings. The van der Waals surface area contributed by atoms with E-state index in [4.69, 9.17) is 4.74 Å². The molecular formula is C16H20N2O2. The highest BCUT2D eigenvalue weighted by atomic mass is 16.5. The first-order valence-corrected chi connectivity index (χ1v) is 7.16. The lowest BCUT2D eigenvalue weighted by molar-refractivity contribution is -0.143. The minimum Gasteiger partial charge on any atom is -0.468 e. The van der Waals surface area contributed by atoms with Crippen molar-refractivity contribution in [1.29, 1.82) is 0 Å². The molecule has 1 aliphatic heterocycles. The minimum absolute atomic E-state index is 0.159. The van der Waals surface area contributed by atoms with Crippen molar-refractivity contribution in [3.63, 3.8) is 0 Å². The summed E-state index contributed by atoms with van der Waals surface area (Å²) in [6, 6.07) is 10.8. The van der Waals surface area contributed by atoms with E-state index in [1.165, 1.54) is 24.6 Å². The van der Waals surface area contributed by atoms with Crippen molar-refractivity contribution >= 4 is 16.9 Å². The number of para-hydroxylation sites is 1. The average Bonchev–Trinajstić information content (AvgIpc) is 2.91. The number of hydrogen-bond acceptors (Lipinski definition) is 3. The van der Waals surface area contributed by atoms with Crippen molar-refractivity contribution in [3.8, 4) is 0 Å². The van der Waals surface area contributed by atoms with Crippen LogP contribution >= 0.6 is 0 Å². The van der Waals surface area contributed by atoms with E-state index in [0.717, 1.165) is 24.9 Å². The van der Waals surface area contributed by atoms with Crippen LogP contribution in [0.4, 0.5) is 0 Å². The second kappa shape index (κ2) is 5.67. The number of carbonyl (C=O) groups is 1. The number of piperidine rings is 1. The summed E-state index contributed by atoms with van der Waals surface area (Å²) in [6.07, 6.45) is 3.44. The van der Waals surface area contributed by atoms with E-state index in [1.54, 1.807) is 0 Å². The Hall–Kier alpha value is -1.81. The molecule has 0 saturated carbocycles. The molecule has 2 heterocycles. The third-order valence-corrected chi connectivity index (χ3v) is 4.08. The highest BCUT2D eigenvalue weighted by Crippen LogP contribution is 2.31. The quantitative estimate of drug-likeness (QED) is 0.874. The lowest BCUT2D eigenvalue weighted by Crippen LogP contribution is -2.37. The normalized spacial score (nSPS) is 20.1. The van der Waals surface area contributed by atoms with Gasteiger partial charge in [-0.05, 0) is 36.9 Å². The maximum absolute atomic E-state index is 11.6. The summed E-state index contributed by atoms with van der Waals surface area (Å²) in [6.45, 7) is 1.33. The van der Waals surface area contributed by atoms with Crippen molar-refractivity contribution in [3.05, 3.63) is 36.0 Å². The molecule has 1 aliphatic rings. The lowest BCUT2D eigenvalue weighted by Gasteiger charge is -2.34. The fraction of sp³-hybridized carbons (Fsp3) is 0.438. The number of likely N-dealkylation sites (tertiary alicyclic amines) is 1. The number of rotatable bonds is 3. The van der Waals surface area contributed by atoms with Crippen LogP contribution in [0.1, 0.15) is 31.0 Å². The molecule has 0 amide bonds. The van der Waals surface area contributed by atoms with Crippen LogP contribution in [0.2, 0.25) is 0 Å². The van der Waals surface area contributed by atoms with Crippen LogP contribution in [0, 0.1) is 0 Å². The number of ether oxygens (including phenoxy) is 1. The van der Waals surface area contributed by atoms with Gasteiger partial charge in [-0.25, -0.2) is 0 Å². The summed E-state index contributed by atoms with van der Waals surface area (Å²) in [4.78, 5) is 17.3. The average molecular weight is 272 g/mol. The molecule has 4 heteroatoms. The van der Waals surface area contributed by atoms with E-state index in [0.29, 0.717) is 6.54 Å². The topological polar surface area (TPSA) is 45.3 Å². The molecule has 1 saturated heterocycles. The molecule has 106 valence electrons. The number of carbonyl (C=O) groups excluding carboxylic acids is 1. The Morgan fingerprint density at radius 1 is 1.40 bits per heavy atom. The Morgan fingerprint density at radius 2 is 2.25 bits per heavy atom. The first kappa shape index (κ1) is 13.2. The van der Waals surface area contributed by atoms with Gasteiger partial charge in [0.25, 0.3) is 0 Å². The summed E-state index contributed by atoms with van der Waals surface area (Å²) in [5.41, 5.74) is 2.36. The summed E-state index contributed by atoms with van der Waals surface area (Å²) in [7, 11) is 1.45. The van der Waals surface area contributed by atoms with Crippen LogP contribution < -0.4 is 0 Å². The molecule has 4 nitrogen and oxygen atoms in total. The molecule has 0 bridgehead atoms. The third kappa shape index (κ3) is 2.56. The summed E-state index contributed by atoms with van der Waals surface area (Å²) >= 11 is 0. The van der Waals surface area contributed by atoms with Crippen LogP contribution in [0.15, 0.2) is 30.3 Å². The standard InChI is InChI=1S/C16H20N2O2/c1-20-16(19)11-18-9-5-4-8-15(18)14-10-12-6-2-3-7-13(12)17-14/h2-3,6-7,10,15,17H,4-5,8-9,11H2,1H3. The first-order valence-electron chi connectivity index (χ1n) is 7.16. The van der Waals surface area contributed by atoms with E-state index in [2.05, 4.69) is 28.1 Å². The SMILES string of the molecule is COC(=O)CN1CCCCC1c1cc2ccccc2[nH]1. The molecule has 0 spiro atoms. The molecule has 20 heavy (non-hydrogen) atoms. The van der Waals surface area contributed by atoms with Crippen molar-refractivity contribution in [1.82, 2.24) is 9.88 Å². The number of methoxy groups -OCH3 is 1. The molecular weight excluding hydrogens is 252 g/mol. The highest BCUT2D eigenvalue weighted by molar-refractivity contribution is 5.80. The molecule has 1 fully saturated rings. The van der Waals surface area contributed by atoms with Crippen molar-refractivity contribution in [2.75, 3.05) is 20.2 Å². The zero-order valence-corrected chi connectivity index (χ0v) is 11.8.